The number of rotatable bonds is 4. The second-order valence-corrected chi connectivity index (χ2v) is 6.08. The maximum absolute atomic E-state index is 13.1. The van der Waals surface area contributed by atoms with E-state index in [4.69, 9.17) is 9.05 Å². The van der Waals surface area contributed by atoms with E-state index in [1.807, 2.05) is 0 Å². The monoisotopic (exact) mass is 281 g/mol. The molecule has 4 atom stereocenters. The highest BCUT2D eigenvalue weighted by Gasteiger charge is 2.36. The van der Waals surface area contributed by atoms with Crippen LogP contribution in [0.25, 0.3) is 0 Å². The van der Waals surface area contributed by atoms with Gasteiger partial charge >= 0.3 is 8.25 Å². The molecule has 3 nitrogen and oxygen atoms in total. The van der Waals surface area contributed by atoms with Crippen molar-refractivity contribution in [3.63, 3.8) is 0 Å². The van der Waals surface area contributed by atoms with Gasteiger partial charge in [0.25, 0.3) is 0 Å². The van der Waals surface area contributed by atoms with Gasteiger partial charge in [0.15, 0.2) is 0 Å². The van der Waals surface area contributed by atoms with E-state index < -0.39 is 20.6 Å². The molecule has 2 aliphatic carbocycles. The summed E-state index contributed by atoms with van der Waals surface area (Å²) in [5.41, 5.74) is 0. The van der Waals surface area contributed by atoms with Crippen LogP contribution < -0.4 is 0 Å². The zero-order valence-electron chi connectivity index (χ0n) is 10.4. The van der Waals surface area contributed by atoms with Gasteiger partial charge in [-0.05, 0) is 38.5 Å². The van der Waals surface area contributed by atoms with Crippen molar-refractivity contribution in [2.24, 2.45) is 0 Å². The quantitative estimate of drug-likeness (QED) is 0.723. The molecular formula is C12H20F2O3P+. The fourth-order valence-corrected chi connectivity index (χ4v) is 3.56. The first-order chi connectivity index (χ1) is 8.63. The van der Waals surface area contributed by atoms with Gasteiger partial charge in [0, 0.05) is 17.4 Å². The van der Waals surface area contributed by atoms with Crippen LogP contribution in [0.5, 0.6) is 0 Å². The lowest BCUT2D eigenvalue weighted by molar-refractivity contribution is 0.0582. The van der Waals surface area contributed by atoms with Crippen molar-refractivity contribution in [1.29, 1.82) is 0 Å². The van der Waals surface area contributed by atoms with E-state index in [1.54, 1.807) is 0 Å². The van der Waals surface area contributed by atoms with E-state index >= 15 is 0 Å². The molecule has 0 amide bonds. The summed E-state index contributed by atoms with van der Waals surface area (Å²) in [7, 11) is -2.25. The predicted molar refractivity (Wildman–Crippen MR) is 64.1 cm³/mol. The predicted octanol–water partition coefficient (Wildman–Crippen LogP) is 4.24. The van der Waals surface area contributed by atoms with Crippen LogP contribution in [0.15, 0.2) is 0 Å². The van der Waals surface area contributed by atoms with Crippen molar-refractivity contribution in [3.8, 4) is 0 Å². The van der Waals surface area contributed by atoms with Crippen LogP contribution in [0.4, 0.5) is 8.78 Å². The molecule has 0 aliphatic heterocycles. The van der Waals surface area contributed by atoms with Crippen LogP contribution in [-0.2, 0) is 13.6 Å². The summed E-state index contributed by atoms with van der Waals surface area (Å²) >= 11 is 0. The third kappa shape index (κ3) is 4.52. The van der Waals surface area contributed by atoms with Gasteiger partial charge in [0.1, 0.15) is 24.6 Å². The van der Waals surface area contributed by atoms with Crippen LogP contribution in [0.3, 0.4) is 0 Å². The fraction of sp³-hybridized carbons (Fsp3) is 1.00. The van der Waals surface area contributed by atoms with Crippen LogP contribution in [0, 0.1) is 0 Å². The molecule has 6 heteroatoms. The topological polar surface area (TPSA) is 35.5 Å². The van der Waals surface area contributed by atoms with Gasteiger partial charge in [-0.1, -0.05) is 0 Å². The Bertz CT molecular complexity index is 264. The lowest BCUT2D eigenvalue weighted by atomic mass is 9.96. The zero-order valence-corrected chi connectivity index (χ0v) is 11.3. The van der Waals surface area contributed by atoms with Gasteiger partial charge in [-0.2, -0.15) is 0 Å². The Labute approximate surface area is 107 Å². The van der Waals surface area contributed by atoms with Crippen LogP contribution >= 0.6 is 8.25 Å². The average Bonchev–Trinajstić information content (AvgIpc) is 2.28. The summed E-state index contributed by atoms with van der Waals surface area (Å²) in [6.45, 7) is 0. The summed E-state index contributed by atoms with van der Waals surface area (Å²) in [6, 6.07) is 0. The van der Waals surface area contributed by atoms with Crippen LogP contribution in [-0.4, -0.2) is 24.6 Å². The Hall–Kier alpha value is -0.120. The minimum absolute atomic E-state index is 0.292. The average molecular weight is 281 g/mol. The summed E-state index contributed by atoms with van der Waals surface area (Å²) in [5, 5.41) is 0. The molecule has 0 heterocycles. The maximum Gasteiger partial charge on any atom is 0.697 e. The molecule has 2 saturated carbocycles. The van der Waals surface area contributed by atoms with Crippen LogP contribution in [0.2, 0.25) is 0 Å². The SMILES string of the molecule is O=[P+](OC1CCCC(F)C1)OC1CCCC(F)C1. The normalized spacial score (nSPS) is 38.4. The fourth-order valence-electron chi connectivity index (χ4n) is 2.64. The third-order valence-electron chi connectivity index (χ3n) is 3.59. The molecule has 0 aromatic carbocycles. The van der Waals surface area contributed by atoms with Gasteiger partial charge in [-0.15, -0.1) is 9.05 Å². The van der Waals surface area contributed by atoms with Crippen molar-refractivity contribution in [3.05, 3.63) is 0 Å². The molecule has 0 N–H and O–H groups in total. The van der Waals surface area contributed by atoms with Gasteiger partial charge in [0.05, 0.1) is 0 Å². The van der Waals surface area contributed by atoms with E-state index in [1.165, 1.54) is 0 Å². The van der Waals surface area contributed by atoms with Gasteiger partial charge in [-0.25, -0.2) is 8.78 Å². The summed E-state index contributed by atoms with van der Waals surface area (Å²) in [4.78, 5) is 0. The highest BCUT2D eigenvalue weighted by atomic mass is 31.1. The van der Waals surface area contributed by atoms with Crippen molar-refractivity contribution in [2.45, 2.75) is 75.9 Å². The van der Waals surface area contributed by atoms with E-state index in [-0.39, 0.29) is 12.2 Å². The molecule has 0 aromatic heterocycles. The van der Waals surface area contributed by atoms with E-state index in [0.29, 0.717) is 25.7 Å². The smallest absolute Gasteiger partial charge is 0.247 e. The number of hydrogen-bond donors (Lipinski definition) is 0. The Kier molecular flexibility index (Phi) is 5.46. The Balaban J connectivity index is 1.71. The molecule has 0 aromatic rings. The highest BCUT2D eigenvalue weighted by Crippen LogP contribution is 2.37. The first kappa shape index (κ1) is 14.3. The second-order valence-electron chi connectivity index (χ2n) is 5.21. The van der Waals surface area contributed by atoms with Gasteiger partial charge < -0.3 is 0 Å². The molecular weight excluding hydrogens is 261 g/mol. The maximum atomic E-state index is 13.1. The minimum Gasteiger partial charge on any atom is -0.247 e. The van der Waals surface area contributed by atoms with E-state index in [0.717, 1.165) is 25.7 Å². The number of alkyl halides is 2. The lowest BCUT2D eigenvalue weighted by Crippen LogP contribution is -2.24. The lowest BCUT2D eigenvalue weighted by Gasteiger charge is -2.21. The second kappa shape index (κ2) is 6.88. The Morgan fingerprint density at radius 2 is 1.28 bits per heavy atom. The van der Waals surface area contributed by atoms with Crippen molar-refractivity contribution >= 4 is 8.25 Å². The molecule has 2 fully saturated rings. The Morgan fingerprint density at radius 1 is 0.833 bits per heavy atom. The van der Waals surface area contributed by atoms with Crippen molar-refractivity contribution in [1.82, 2.24) is 0 Å². The molecule has 18 heavy (non-hydrogen) atoms. The summed E-state index contributed by atoms with van der Waals surface area (Å²) in [5.74, 6) is 0. The third-order valence-corrected chi connectivity index (χ3v) is 4.54. The molecule has 0 saturated heterocycles. The molecule has 4 unspecified atom stereocenters. The van der Waals surface area contributed by atoms with Crippen molar-refractivity contribution < 1.29 is 22.4 Å². The molecule has 2 rings (SSSR count). The molecule has 0 radical (unpaired) electrons. The Morgan fingerprint density at radius 3 is 1.67 bits per heavy atom. The standard InChI is InChI=1S/C12H20F2O3P/c13-9-3-1-5-11(7-9)16-18(15)17-12-6-2-4-10(14)8-12/h9-12H,1-8H2/q+1. The summed E-state index contributed by atoms with van der Waals surface area (Å²) in [6.07, 6.45) is 2.30. The minimum atomic E-state index is -2.25. The summed E-state index contributed by atoms with van der Waals surface area (Å²) < 4.78 is 48.4. The highest BCUT2D eigenvalue weighted by molar-refractivity contribution is 7.33. The van der Waals surface area contributed by atoms with Gasteiger partial charge in [0.2, 0.25) is 0 Å². The van der Waals surface area contributed by atoms with Crippen LogP contribution in [0.1, 0.15) is 51.4 Å². The first-order valence-corrected chi connectivity index (χ1v) is 7.82. The number of halogens is 2. The first-order valence-electron chi connectivity index (χ1n) is 6.72. The molecule has 0 spiro atoms. The van der Waals surface area contributed by atoms with E-state index in [9.17, 15) is 13.3 Å². The van der Waals surface area contributed by atoms with Gasteiger partial charge in [-0.3, -0.25) is 0 Å². The molecule has 2 aliphatic rings. The molecule has 104 valence electrons. The van der Waals surface area contributed by atoms with E-state index in [2.05, 4.69) is 0 Å². The number of hydrogen-bond acceptors (Lipinski definition) is 3. The largest absolute Gasteiger partial charge is 0.697 e. The zero-order chi connectivity index (χ0) is 13.0. The molecule has 0 bridgehead atoms. The van der Waals surface area contributed by atoms with Crippen molar-refractivity contribution in [2.75, 3.05) is 0 Å².